The van der Waals surface area contributed by atoms with Crippen molar-refractivity contribution >= 4 is 33.6 Å². The van der Waals surface area contributed by atoms with Crippen LogP contribution in [0, 0.1) is 5.82 Å². The standard InChI is InChI=1S/C13H16BrFN2O3/c1-3-6-13(2,11(18)19)17-12(20)16-10-5-4-8(14)7-9(10)15/h4-5,7H,3,6H2,1-2H3,(H,18,19)(H2,16,17,20). The second kappa shape index (κ2) is 6.69. The van der Waals surface area contributed by atoms with Crippen molar-refractivity contribution in [1.29, 1.82) is 0 Å². The van der Waals surface area contributed by atoms with Crippen molar-refractivity contribution in [2.45, 2.75) is 32.2 Å². The Morgan fingerprint density at radius 3 is 2.60 bits per heavy atom. The smallest absolute Gasteiger partial charge is 0.329 e. The number of carboxylic acid groups (broad SMARTS) is 1. The summed E-state index contributed by atoms with van der Waals surface area (Å²) in [6.45, 7) is 3.23. The highest BCUT2D eigenvalue weighted by atomic mass is 79.9. The minimum Gasteiger partial charge on any atom is -0.480 e. The lowest BCUT2D eigenvalue weighted by Gasteiger charge is -2.25. The number of amides is 2. The summed E-state index contributed by atoms with van der Waals surface area (Å²) in [5.74, 6) is -1.74. The van der Waals surface area contributed by atoms with Crippen LogP contribution in [0.2, 0.25) is 0 Å². The van der Waals surface area contributed by atoms with E-state index in [1.807, 2.05) is 6.92 Å². The summed E-state index contributed by atoms with van der Waals surface area (Å²) >= 11 is 3.10. The van der Waals surface area contributed by atoms with E-state index in [1.54, 1.807) is 6.07 Å². The molecule has 0 bridgehead atoms. The predicted molar refractivity (Wildman–Crippen MR) is 77.2 cm³/mol. The number of nitrogens with one attached hydrogen (secondary N) is 2. The van der Waals surface area contributed by atoms with Crippen molar-refractivity contribution in [1.82, 2.24) is 5.32 Å². The Labute approximate surface area is 124 Å². The molecule has 0 aliphatic carbocycles. The molecule has 0 saturated carbocycles. The van der Waals surface area contributed by atoms with E-state index in [0.29, 0.717) is 10.9 Å². The van der Waals surface area contributed by atoms with Gasteiger partial charge in [0.1, 0.15) is 11.4 Å². The highest BCUT2D eigenvalue weighted by Gasteiger charge is 2.33. The van der Waals surface area contributed by atoms with Crippen LogP contribution in [0.1, 0.15) is 26.7 Å². The van der Waals surface area contributed by atoms with Crippen molar-refractivity contribution in [3.8, 4) is 0 Å². The molecule has 1 atom stereocenters. The average Bonchev–Trinajstić information content (AvgIpc) is 2.32. The Kier molecular flexibility index (Phi) is 5.50. The van der Waals surface area contributed by atoms with E-state index in [9.17, 15) is 14.0 Å². The Morgan fingerprint density at radius 1 is 1.45 bits per heavy atom. The lowest BCUT2D eigenvalue weighted by molar-refractivity contribution is -0.143. The first-order valence-electron chi connectivity index (χ1n) is 6.06. The van der Waals surface area contributed by atoms with E-state index in [2.05, 4.69) is 26.6 Å². The number of urea groups is 1. The molecule has 110 valence electrons. The predicted octanol–water partition coefficient (Wildman–Crippen LogP) is 3.35. The van der Waals surface area contributed by atoms with Crippen LogP contribution in [0.5, 0.6) is 0 Å². The van der Waals surface area contributed by atoms with Gasteiger partial charge in [0.15, 0.2) is 0 Å². The lowest BCUT2D eigenvalue weighted by Crippen LogP contribution is -2.53. The summed E-state index contributed by atoms with van der Waals surface area (Å²) in [6, 6.07) is 3.40. The fourth-order valence-electron chi connectivity index (χ4n) is 1.72. The van der Waals surface area contributed by atoms with Crippen LogP contribution in [-0.4, -0.2) is 22.6 Å². The molecule has 0 aliphatic heterocycles. The van der Waals surface area contributed by atoms with Gasteiger partial charge in [0.25, 0.3) is 0 Å². The van der Waals surface area contributed by atoms with Crippen LogP contribution in [-0.2, 0) is 4.79 Å². The van der Waals surface area contributed by atoms with Crippen LogP contribution < -0.4 is 10.6 Å². The van der Waals surface area contributed by atoms with Crippen molar-refractivity contribution in [2.24, 2.45) is 0 Å². The summed E-state index contributed by atoms with van der Waals surface area (Å²) in [5.41, 5.74) is -1.40. The summed E-state index contributed by atoms with van der Waals surface area (Å²) in [7, 11) is 0. The number of hydrogen-bond acceptors (Lipinski definition) is 2. The molecule has 1 unspecified atom stereocenters. The van der Waals surface area contributed by atoms with Gasteiger partial charge in [0.05, 0.1) is 5.69 Å². The molecule has 7 heteroatoms. The fourth-order valence-corrected chi connectivity index (χ4v) is 2.05. The third-order valence-electron chi connectivity index (χ3n) is 2.79. The van der Waals surface area contributed by atoms with Crippen LogP contribution in [0.15, 0.2) is 22.7 Å². The molecule has 1 aromatic rings. The Hall–Kier alpha value is -1.63. The Morgan fingerprint density at radius 2 is 2.10 bits per heavy atom. The molecule has 2 amide bonds. The number of rotatable bonds is 5. The molecule has 0 fully saturated rings. The molecular formula is C13H16BrFN2O3. The highest BCUT2D eigenvalue weighted by molar-refractivity contribution is 9.10. The molecule has 5 nitrogen and oxygen atoms in total. The van der Waals surface area contributed by atoms with Gasteiger partial charge in [-0.1, -0.05) is 29.3 Å². The van der Waals surface area contributed by atoms with E-state index in [-0.39, 0.29) is 12.1 Å². The molecule has 0 spiro atoms. The zero-order valence-corrected chi connectivity index (χ0v) is 12.8. The molecule has 0 saturated heterocycles. The van der Waals surface area contributed by atoms with E-state index >= 15 is 0 Å². The molecule has 0 aromatic heterocycles. The van der Waals surface area contributed by atoms with Gasteiger partial charge in [-0.2, -0.15) is 0 Å². The SMILES string of the molecule is CCCC(C)(NC(=O)Nc1ccc(Br)cc1F)C(=O)O. The number of halogens is 2. The van der Waals surface area contributed by atoms with Gasteiger partial charge in [-0.05, 0) is 31.5 Å². The molecule has 0 radical (unpaired) electrons. The first kappa shape index (κ1) is 16.4. The van der Waals surface area contributed by atoms with Gasteiger partial charge < -0.3 is 15.7 Å². The quantitative estimate of drug-likeness (QED) is 0.764. The Bertz CT molecular complexity index is 524. The van der Waals surface area contributed by atoms with Gasteiger partial charge in [0, 0.05) is 4.47 Å². The first-order chi connectivity index (χ1) is 9.28. The molecule has 1 aromatic carbocycles. The van der Waals surface area contributed by atoms with Gasteiger partial charge >= 0.3 is 12.0 Å². The maximum absolute atomic E-state index is 13.6. The monoisotopic (exact) mass is 346 g/mol. The molecular weight excluding hydrogens is 331 g/mol. The van der Waals surface area contributed by atoms with E-state index < -0.39 is 23.4 Å². The number of benzene rings is 1. The number of anilines is 1. The summed E-state index contributed by atoms with van der Waals surface area (Å²) < 4.78 is 14.1. The van der Waals surface area contributed by atoms with Gasteiger partial charge in [-0.25, -0.2) is 14.0 Å². The van der Waals surface area contributed by atoms with Crippen LogP contribution in [0.3, 0.4) is 0 Å². The summed E-state index contributed by atoms with van der Waals surface area (Å²) in [5, 5.41) is 13.8. The number of carboxylic acids is 1. The first-order valence-corrected chi connectivity index (χ1v) is 6.85. The molecule has 0 aliphatic rings. The van der Waals surface area contributed by atoms with Crippen LogP contribution in [0.4, 0.5) is 14.9 Å². The van der Waals surface area contributed by atoms with Gasteiger partial charge in [0.2, 0.25) is 0 Å². The van der Waals surface area contributed by atoms with Crippen molar-refractivity contribution < 1.29 is 19.1 Å². The molecule has 0 heterocycles. The minimum atomic E-state index is -1.38. The maximum Gasteiger partial charge on any atom is 0.329 e. The average molecular weight is 347 g/mol. The van der Waals surface area contributed by atoms with Crippen molar-refractivity contribution in [2.75, 3.05) is 5.32 Å². The normalized spacial score (nSPS) is 13.4. The third kappa shape index (κ3) is 4.19. The maximum atomic E-state index is 13.6. The second-order valence-electron chi connectivity index (χ2n) is 4.59. The van der Waals surface area contributed by atoms with Crippen LogP contribution >= 0.6 is 15.9 Å². The highest BCUT2D eigenvalue weighted by Crippen LogP contribution is 2.20. The van der Waals surface area contributed by atoms with E-state index in [1.165, 1.54) is 19.1 Å². The summed E-state index contributed by atoms with van der Waals surface area (Å²) in [6.07, 6.45) is 0.869. The third-order valence-corrected chi connectivity index (χ3v) is 3.28. The second-order valence-corrected chi connectivity index (χ2v) is 5.51. The topological polar surface area (TPSA) is 78.4 Å². The van der Waals surface area contributed by atoms with Crippen LogP contribution in [0.25, 0.3) is 0 Å². The number of aliphatic carboxylic acids is 1. The van der Waals surface area contributed by atoms with E-state index in [4.69, 9.17) is 5.11 Å². The zero-order valence-electron chi connectivity index (χ0n) is 11.2. The van der Waals surface area contributed by atoms with Gasteiger partial charge in [-0.15, -0.1) is 0 Å². The number of carbonyl (C=O) groups excluding carboxylic acids is 1. The number of carbonyl (C=O) groups is 2. The molecule has 20 heavy (non-hydrogen) atoms. The van der Waals surface area contributed by atoms with Crippen molar-refractivity contribution in [3.05, 3.63) is 28.5 Å². The zero-order chi connectivity index (χ0) is 15.3. The Balaban J connectivity index is 2.78. The van der Waals surface area contributed by atoms with E-state index in [0.717, 1.165) is 0 Å². The summed E-state index contributed by atoms with van der Waals surface area (Å²) in [4.78, 5) is 23.0. The number of hydrogen-bond donors (Lipinski definition) is 3. The van der Waals surface area contributed by atoms with Gasteiger partial charge in [-0.3, -0.25) is 0 Å². The lowest BCUT2D eigenvalue weighted by atomic mass is 9.97. The van der Waals surface area contributed by atoms with Crippen molar-refractivity contribution in [3.63, 3.8) is 0 Å². The fraction of sp³-hybridized carbons (Fsp3) is 0.385. The molecule has 3 N–H and O–H groups in total. The minimum absolute atomic E-state index is 0.0186. The largest absolute Gasteiger partial charge is 0.480 e. The molecule has 1 rings (SSSR count).